The zero-order valence-electron chi connectivity index (χ0n) is 17.4. The Morgan fingerprint density at radius 2 is 1.87 bits per heavy atom. The van der Waals surface area contributed by atoms with Crippen LogP contribution in [0.15, 0.2) is 29.2 Å². The summed E-state index contributed by atoms with van der Waals surface area (Å²) in [6.07, 6.45) is 0.729. The summed E-state index contributed by atoms with van der Waals surface area (Å²) in [4.78, 5) is 28.9. The number of hydrogen-bond donors (Lipinski definition) is 1. The molecule has 0 saturated carbocycles. The van der Waals surface area contributed by atoms with Gasteiger partial charge in [-0.25, -0.2) is 13.2 Å². The molecule has 1 aromatic carbocycles. The van der Waals surface area contributed by atoms with Gasteiger partial charge in [0.25, 0.3) is 5.91 Å². The molecule has 162 valence electrons. The minimum atomic E-state index is -3.33. The number of fused-ring (bicyclic) bond motifs is 1. The molecule has 0 spiro atoms. The normalized spacial score (nSPS) is 14.2. The molecule has 0 unspecified atom stereocenters. The van der Waals surface area contributed by atoms with Gasteiger partial charge in [0.15, 0.2) is 9.84 Å². The minimum Gasteiger partial charge on any atom is -0.462 e. The Kier molecular flexibility index (Phi) is 6.95. The Labute approximate surface area is 181 Å². The quantitative estimate of drug-likeness (QED) is 0.651. The summed E-state index contributed by atoms with van der Waals surface area (Å²) < 4.78 is 29.2. The van der Waals surface area contributed by atoms with E-state index < -0.39 is 21.7 Å². The monoisotopic (exact) mass is 450 g/mol. The summed E-state index contributed by atoms with van der Waals surface area (Å²) in [7, 11) is -3.33. The summed E-state index contributed by atoms with van der Waals surface area (Å²) >= 11 is 1.40. The second kappa shape index (κ2) is 9.28. The molecule has 2 heterocycles. The van der Waals surface area contributed by atoms with Crippen LogP contribution in [-0.2, 0) is 27.5 Å². The van der Waals surface area contributed by atoms with Crippen LogP contribution >= 0.6 is 11.3 Å². The summed E-state index contributed by atoms with van der Waals surface area (Å²) in [5.41, 5.74) is 1.70. The van der Waals surface area contributed by atoms with Crippen molar-refractivity contribution < 1.29 is 22.7 Å². The van der Waals surface area contributed by atoms with E-state index in [9.17, 15) is 18.0 Å². The predicted molar refractivity (Wildman–Crippen MR) is 117 cm³/mol. The number of ether oxygens (including phenoxy) is 1. The van der Waals surface area contributed by atoms with Gasteiger partial charge in [0.1, 0.15) is 5.00 Å². The first-order valence-electron chi connectivity index (χ1n) is 9.98. The Morgan fingerprint density at radius 1 is 1.17 bits per heavy atom. The predicted octanol–water partition coefficient (Wildman–Crippen LogP) is 3.35. The van der Waals surface area contributed by atoms with E-state index in [4.69, 9.17) is 4.74 Å². The highest BCUT2D eigenvalue weighted by molar-refractivity contribution is 7.91. The molecular formula is C21H26N2O5S2. The van der Waals surface area contributed by atoms with Gasteiger partial charge in [-0.05, 0) is 49.7 Å². The van der Waals surface area contributed by atoms with Crippen molar-refractivity contribution in [3.8, 4) is 0 Å². The van der Waals surface area contributed by atoms with Gasteiger partial charge in [0, 0.05) is 23.5 Å². The fraction of sp³-hybridized carbons (Fsp3) is 0.429. The van der Waals surface area contributed by atoms with E-state index in [-0.39, 0.29) is 17.3 Å². The lowest BCUT2D eigenvalue weighted by molar-refractivity contribution is 0.0526. The minimum absolute atomic E-state index is 0.00301. The van der Waals surface area contributed by atoms with Gasteiger partial charge >= 0.3 is 5.97 Å². The van der Waals surface area contributed by atoms with Crippen molar-refractivity contribution in [2.75, 3.05) is 30.8 Å². The topological polar surface area (TPSA) is 92.8 Å². The van der Waals surface area contributed by atoms with Crippen LogP contribution in [0, 0.1) is 0 Å². The summed E-state index contributed by atoms with van der Waals surface area (Å²) in [6.45, 7) is 8.18. The molecule has 1 aromatic heterocycles. The number of anilines is 1. The Bertz CT molecular complexity index is 1040. The van der Waals surface area contributed by atoms with E-state index in [0.29, 0.717) is 16.1 Å². The van der Waals surface area contributed by atoms with Crippen molar-refractivity contribution in [3.05, 3.63) is 45.8 Å². The molecule has 30 heavy (non-hydrogen) atoms. The third-order valence-corrected chi connectivity index (χ3v) is 8.03. The average Bonchev–Trinajstić information content (AvgIpc) is 3.10. The first-order valence-corrected chi connectivity index (χ1v) is 12.5. The zero-order valence-corrected chi connectivity index (χ0v) is 19.0. The number of hydrogen-bond acceptors (Lipinski definition) is 7. The van der Waals surface area contributed by atoms with Gasteiger partial charge in [-0.2, -0.15) is 0 Å². The van der Waals surface area contributed by atoms with Crippen molar-refractivity contribution in [1.82, 2.24) is 4.90 Å². The van der Waals surface area contributed by atoms with E-state index in [2.05, 4.69) is 17.1 Å². The number of likely N-dealkylation sites (N-methyl/N-ethyl adjacent to an activating group) is 1. The van der Waals surface area contributed by atoms with Crippen molar-refractivity contribution in [1.29, 1.82) is 0 Å². The van der Waals surface area contributed by atoms with E-state index in [1.165, 1.54) is 35.6 Å². The van der Waals surface area contributed by atoms with Gasteiger partial charge in [-0.1, -0.05) is 13.8 Å². The number of rotatable bonds is 7. The van der Waals surface area contributed by atoms with Crippen LogP contribution in [0.3, 0.4) is 0 Å². The van der Waals surface area contributed by atoms with Gasteiger partial charge < -0.3 is 10.1 Å². The lowest BCUT2D eigenvalue weighted by Crippen LogP contribution is -2.30. The van der Waals surface area contributed by atoms with E-state index >= 15 is 0 Å². The molecule has 1 aliphatic rings. The second-order valence-electron chi connectivity index (χ2n) is 6.93. The SMILES string of the molecule is CCOC(=O)c1c(NC(=O)c2ccc(S(=O)(=O)CC)cc2)sc2c1CCN(CC)C2. The Hall–Kier alpha value is -2.23. The van der Waals surface area contributed by atoms with Crippen molar-refractivity contribution in [2.24, 2.45) is 0 Å². The molecule has 0 radical (unpaired) electrons. The molecule has 0 fully saturated rings. The van der Waals surface area contributed by atoms with Crippen LogP contribution in [0.1, 0.15) is 51.9 Å². The van der Waals surface area contributed by atoms with Crippen LogP contribution in [0.5, 0.6) is 0 Å². The number of nitrogens with one attached hydrogen (secondary N) is 1. The van der Waals surface area contributed by atoms with E-state index in [1.54, 1.807) is 13.8 Å². The highest BCUT2D eigenvalue weighted by Crippen LogP contribution is 2.38. The maximum Gasteiger partial charge on any atom is 0.341 e. The number of nitrogens with zero attached hydrogens (tertiary/aromatic N) is 1. The highest BCUT2D eigenvalue weighted by atomic mass is 32.2. The maximum atomic E-state index is 12.8. The van der Waals surface area contributed by atoms with Crippen LogP contribution < -0.4 is 5.32 Å². The Morgan fingerprint density at radius 3 is 2.47 bits per heavy atom. The lowest BCUT2D eigenvalue weighted by Gasteiger charge is -2.25. The van der Waals surface area contributed by atoms with Gasteiger partial charge in [-0.15, -0.1) is 11.3 Å². The molecular weight excluding hydrogens is 424 g/mol. The summed E-state index contributed by atoms with van der Waals surface area (Å²) in [5.74, 6) is -0.830. The standard InChI is InChI=1S/C21H26N2O5S2/c1-4-23-12-11-16-17(13-23)29-20(18(16)21(25)28-5-2)22-19(24)14-7-9-15(10-8-14)30(26,27)6-3/h7-10H,4-6,11-13H2,1-3H3,(H,22,24). The smallest absolute Gasteiger partial charge is 0.341 e. The number of amides is 1. The molecule has 9 heteroatoms. The number of benzene rings is 1. The third-order valence-electron chi connectivity index (χ3n) is 5.15. The molecule has 3 rings (SSSR count). The summed E-state index contributed by atoms with van der Waals surface area (Å²) in [6, 6.07) is 5.82. The molecule has 0 bridgehead atoms. The molecule has 1 amide bonds. The van der Waals surface area contributed by atoms with E-state index in [0.717, 1.165) is 36.5 Å². The Balaban J connectivity index is 1.89. The van der Waals surface area contributed by atoms with Gasteiger partial charge in [0.05, 0.1) is 22.8 Å². The zero-order chi connectivity index (χ0) is 21.9. The maximum absolute atomic E-state index is 12.8. The number of esters is 1. The lowest BCUT2D eigenvalue weighted by atomic mass is 10.0. The van der Waals surface area contributed by atoms with Crippen LogP contribution in [0.2, 0.25) is 0 Å². The summed E-state index contributed by atoms with van der Waals surface area (Å²) in [5, 5.41) is 3.32. The second-order valence-corrected chi connectivity index (χ2v) is 10.3. The fourth-order valence-electron chi connectivity index (χ4n) is 3.39. The first-order chi connectivity index (χ1) is 14.3. The molecule has 1 N–H and O–H groups in total. The molecule has 0 saturated heterocycles. The number of carbonyl (C=O) groups is 2. The fourth-order valence-corrected chi connectivity index (χ4v) is 5.55. The van der Waals surface area contributed by atoms with Crippen LogP contribution in [0.4, 0.5) is 5.00 Å². The van der Waals surface area contributed by atoms with Crippen molar-refractivity contribution in [2.45, 2.75) is 38.6 Å². The molecule has 0 aliphatic carbocycles. The highest BCUT2D eigenvalue weighted by Gasteiger charge is 2.29. The number of thiophene rings is 1. The number of sulfone groups is 1. The van der Waals surface area contributed by atoms with Crippen LogP contribution in [0.25, 0.3) is 0 Å². The third kappa shape index (κ3) is 4.58. The average molecular weight is 451 g/mol. The van der Waals surface area contributed by atoms with E-state index in [1.807, 2.05) is 0 Å². The van der Waals surface area contributed by atoms with Crippen molar-refractivity contribution >= 4 is 38.1 Å². The van der Waals surface area contributed by atoms with Crippen LogP contribution in [-0.4, -0.2) is 50.6 Å². The van der Waals surface area contributed by atoms with Gasteiger partial charge in [-0.3, -0.25) is 9.69 Å². The molecule has 1 aliphatic heterocycles. The van der Waals surface area contributed by atoms with Crippen molar-refractivity contribution in [3.63, 3.8) is 0 Å². The first kappa shape index (κ1) is 22.5. The molecule has 7 nitrogen and oxygen atoms in total. The molecule has 2 aromatic rings. The molecule has 0 atom stereocenters. The number of carbonyl (C=O) groups excluding carboxylic acids is 2. The van der Waals surface area contributed by atoms with Gasteiger partial charge in [0.2, 0.25) is 0 Å². The largest absolute Gasteiger partial charge is 0.462 e.